The number of rotatable bonds is 5. The van der Waals surface area contributed by atoms with Gasteiger partial charge in [0, 0.05) is 37.6 Å². The molecule has 2 amide bonds. The van der Waals surface area contributed by atoms with Crippen LogP contribution in [0.2, 0.25) is 5.02 Å². The van der Waals surface area contributed by atoms with Gasteiger partial charge in [-0.3, -0.25) is 9.59 Å². The summed E-state index contributed by atoms with van der Waals surface area (Å²) in [6.07, 6.45) is 0.293. The number of benzene rings is 2. The smallest absolute Gasteiger partial charge is 0.271 e. The van der Waals surface area contributed by atoms with Crippen molar-refractivity contribution in [3.8, 4) is 0 Å². The summed E-state index contributed by atoms with van der Waals surface area (Å²) in [6, 6.07) is 9.63. The van der Waals surface area contributed by atoms with Gasteiger partial charge in [0.1, 0.15) is 5.71 Å². The molecule has 0 bridgehead atoms. The molecule has 10 heteroatoms. The van der Waals surface area contributed by atoms with Gasteiger partial charge in [0.2, 0.25) is 15.9 Å². The van der Waals surface area contributed by atoms with Crippen LogP contribution in [0.1, 0.15) is 24.0 Å². The van der Waals surface area contributed by atoms with Crippen molar-refractivity contribution in [2.45, 2.75) is 31.6 Å². The zero-order valence-corrected chi connectivity index (χ0v) is 19.2. The Morgan fingerprint density at radius 1 is 1.10 bits per heavy atom. The van der Waals surface area contributed by atoms with Crippen LogP contribution in [0, 0.1) is 13.8 Å². The van der Waals surface area contributed by atoms with Gasteiger partial charge in [0.15, 0.2) is 0 Å². The highest BCUT2D eigenvalue weighted by Gasteiger charge is 2.27. The molecule has 0 aromatic heterocycles. The van der Waals surface area contributed by atoms with E-state index in [0.717, 1.165) is 9.87 Å². The van der Waals surface area contributed by atoms with Crippen molar-refractivity contribution >= 4 is 50.5 Å². The topological polar surface area (TPSA) is 99.2 Å². The number of hydrogen-bond donors (Lipinski definition) is 1. The summed E-state index contributed by atoms with van der Waals surface area (Å²) in [5.41, 5.74) is 2.55. The molecule has 8 nitrogen and oxygen atoms in total. The highest BCUT2D eigenvalue weighted by molar-refractivity contribution is 7.89. The average Bonchev–Trinajstić information content (AvgIpc) is 2.71. The molecule has 2 aromatic rings. The van der Waals surface area contributed by atoms with E-state index < -0.39 is 15.9 Å². The highest BCUT2D eigenvalue weighted by Crippen LogP contribution is 2.27. The van der Waals surface area contributed by atoms with Crippen molar-refractivity contribution < 1.29 is 18.0 Å². The van der Waals surface area contributed by atoms with Gasteiger partial charge in [0.25, 0.3) is 5.91 Å². The van der Waals surface area contributed by atoms with Gasteiger partial charge in [0.05, 0.1) is 10.6 Å². The summed E-state index contributed by atoms with van der Waals surface area (Å²) >= 11 is 6.16. The molecule has 1 N–H and O–H groups in total. The second-order valence-electron chi connectivity index (χ2n) is 7.40. The van der Waals surface area contributed by atoms with E-state index in [1.807, 2.05) is 6.92 Å². The van der Waals surface area contributed by atoms with Crippen molar-refractivity contribution in [2.24, 2.45) is 5.10 Å². The lowest BCUT2D eigenvalue weighted by molar-refractivity contribution is -0.118. The first-order valence-electron chi connectivity index (χ1n) is 9.52. The lowest BCUT2D eigenvalue weighted by Gasteiger charge is -2.23. The normalized spacial score (nSPS) is 14.6. The molecule has 0 spiro atoms. The first-order chi connectivity index (χ1) is 14.5. The highest BCUT2D eigenvalue weighted by atomic mass is 35.5. The van der Waals surface area contributed by atoms with Crippen LogP contribution < -0.4 is 10.3 Å². The number of aryl methyl sites for hydroxylation is 2. The van der Waals surface area contributed by atoms with Crippen molar-refractivity contribution in [3.63, 3.8) is 0 Å². The van der Waals surface area contributed by atoms with Gasteiger partial charge in [-0.1, -0.05) is 23.7 Å². The number of carbonyl (C=O) groups excluding carboxylic acids is 2. The number of hydrogen-bond acceptors (Lipinski definition) is 5. The molecule has 0 radical (unpaired) electrons. The third-order valence-corrected chi connectivity index (χ3v) is 7.15. The first kappa shape index (κ1) is 22.9. The van der Waals surface area contributed by atoms with E-state index in [9.17, 15) is 18.0 Å². The van der Waals surface area contributed by atoms with E-state index in [2.05, 4.69) is 10.4 Å². The zero-order valence-electron chi connectivity index (χ0n) is 17.6. The molecule has 164 valence electrons. The predicted octanol–water partition coefficient (Wildman–Crippen LogP) is 3.33. The minimum atomic E-state index is -3.65. The van der Waals surface area contributed by atoms with E-state index in [1.54, 1.807) is 31.2 Å². The third kappa shape index (κ3) is 4.79. The lowest BCUT2D eigenvalue weighted by Crippen LogP contribution is -2.36. The third-order valence-electron chi connectivity index (χ3n) is 4.93. The quantitative estimate of drug-likeness (QED) is 0.736. The number of sulfonamides is 1. The molecule has 2 aromatic carbocycles. The van der Waals surface area contributed by atoms with Crippen molar-refractivity contribution in [1.29, 1.82) is 0 Å². The van der Waals surface area contributed by atoms with Crippen molar-refractivity contribution in [3.05, 3.63) is 52.5 Å². The van der Waals surface area contributed by atoms with Crippen LogP contribution in [0.5, 0.6) is 0 Å². The summed E-state index contributed by atoms with van der Waals surface area (Å²) in [5.74, 6) is -0.745. The molecular weight excluding hydrogens is 440 g/mol. The number of nitrogens with one attached hydrogen (secondary N) is 1. The molecule has 0 saturated heterocycles. The van der Waals surface area contributed by atoms with E-state index in [4.69, 9.17) is 11.6 Å². The van der Waals surface area contributed by atoms with Gasteiger partial charge in [-0.15, -0.1) is 0 Å². The number of hydrazone groups is 1. The van der Waals surface area contributed by atoms with Gasteiger partial charge in [-0.05, 0) is 49.2 Å². The van der Waals surface area contributed by atoms with Crippen LogP contribution in [-0.4, -0.2) is 44.3 Å². The summed E-state index contributed by atoms with van der Waals surface area (Å²) in [4.78, 5) is 25.3. The van der Waals surface area contributed by atoms with Crippen LogP contribution in [0.4, 0.5) is 11.4 Å². The minimum Gasteiger partial charge on any atom is -0.321 e. The zero-order chi connectivity index (χ0) is 22.9. The second kappa shape index (κ2) is 8.78. The fraction of sp³-hybridized carbons (Fsp3) is 0.286. The molecule has 0 saturated carbocycles. The molecule has 1 aliphatic heterocycles. The SMILES string of the molecule is Cc1ccc(N2N=C(C(=O)Nc3cc(S(=O)(=O)N(C)C)ccc3C)CCC2=O)cc1Cl. The Bertz CT molecular complexity index is 1190. The number of anilines is 2. The molecule has 1 aliphatic rings. The number of nitrogens with zero attached hydrogens (tertiary/aromatic N) is 3. The maximum Gasteiger partial charge on any atom is 0.271 e. The monoisotopic (exact) mass is 462 g/mol. The van der Waals surface area contributed by atoms with Crippen LogP contribution in [0.25, 0.3) is 0 Å². The van der Waals surface area contributed by atoms with Gasteiger partial charge in [-0.2, -0.15) is 5.10 Å². The number of amides is 2. The van der Waals surface area contributed by atoms with E-state index in [1.165, 1.54) is 31.2 Å². The van der Waals surface area contributed by atoms with Crippen LogP contribution in [-0.2, 0) is 19.6 Å². The largest absolute Gasteiger partial charge is 0.321 e. The fourth-order valence-corrected chi connectivity index (χ4v) is 4.04. The summed E-state index contributed by atoms with van der Waals surface area (Å²) < 4.78 is 25.9. The van der Waals surface area contributed by atoms with Crippen LogP contribution in [0.15, 0.2) is 46.4 Å². The number of carbonyl (C=O) groups is 2. The summed E-state index contributed by atoms with van der Waals surface area (Å²) in [6.45, 7) is 3.60. The lowest BCUT2D eigenvalue weighted by atomic mass is 10.1. The molecule has 1 heterocycles. The van der Waals surface area contributed by atoms with Crippen molar-refractivity contribution in [1.82, 2.24) is 4.31 Å². The number of halogens is 1. The molecule has 0 unspecified atom stereocenters. The molecule has 0 aliphatic carbocycles. The molecule has 31 heavy (non-hydrogen) atoms. The Labute approximate surface area is 186 Å². The minimum absolute atomic E-state index is 0.0649. The Morgan fingerprint density at radius 3 is 2.42 bits per heavy atom. The molecular formula is C21H23ClN4O4S. The van der Waals surface area contributed by atoms with Crippen molar-refractivity contribution in [2.75, 3.05) is 24.4 Å². The Hall–Kier alpha value is -2.75. The predicted molar refractivity (Wildman–Crippen MR) is 121 cm³/mol. The Morgan fingerprint density at radius 2 is 1.77 bits per heavy atom. The summed E-state index contributed by atoms with van der Waals surface area (Å²) in [5, 5.41) is 8.62. The van der Waals surface area contributed by atoms with E-state index >= 15 is 0 Å². The Kier molecular flexibility index (Phi) is 6.49. The maximum absolute atomic E-state index is 12.9. The van der Waals surface area contributed by atoms with Gasteiger partial charge >= 0.3 is 0 Å². The van der Waals surface area contributed by atoms with Gasteiger partial charge < -0.3 is 5.32 Å². The van der Waals surface area contributed by atoms with Gasteiger partial charge in [-0.25, -0.2) is 17.7 Å². The Balaban J connectivity index is 1.89. The maximum atomic E-state index is 12.9. The molecule has 0 atom stereocenters. The standard InChI is InChI=1S/C21H23ClN4O4S/c1-13-5-7-15(11-17(13)22)26-20(27)10-9-18(24-26)21(28)23-19-12-16(8-6-14(19)2)31(29,30)25(3)4/h5-8,11-12H,9-10H2,1-4H3,(H,23,28). The van der Waals surface area contributed by atoms with Crippen LogP contribution >= 0.6 is 11.6 Å². The van der Waals surface area contributed by atoms with E-state index in [0.29, 0.717) is 22.0 Å². The molecule has 3 rings (SSSR count). The van der Waals surface area contributed by atoms with Crippen LogP contribution in [0.3, 0.4) is 0 Å². The first-order valence-corrected chi connectivity index (χ1v) is 11.3. The van der Waals surface area contributed by atoms with E-state index in [-0.39, 0.29) is 29.4 Å². The molecule has 0 fully saturated rings. The second-order valence-corrected chi connectivity index (χ2v) is 9.96. The summed E-state index contributed by atoms with van der Waals surface area (Å²) in [7, 11) is -0.775. The fourth-order valence-electron chi connectivity index (χ4n) is 2.93. The average molecular weight is 463 g/mol.